The molecule has 6 amide bonds. The summed E-state index contributed by atoms with van der Waals surface area (Å²) in [6.45, 7) is 5.89. The number of esters is 8. The maximum atomic E-state index is 14.3. The lowest BCUT2D eigenvalue weighted by molar-refractivity contribution is -0.306. The predicted molar refractivity (Wildman–Crippen MR) is 340 cm³/mol. The molecule has 32 heteroatoms. The minimum Gasteiger partial charge on any atom is -0.463 e. The summed E-state index contributed by atoms with van der Waals surface area (Å²) in [5, 5.41) is 14.7. The summed E-state index contributed by atoms with van der Waals surface area (Å²) in [7, 11) is 0. The number of amides is 6. The van der Waals surface area contributed by atoms with Crippen molar-refractivity contribution in [2.24, 2.45) is 0 Å². The van der Waals surface area contributed by atoms with E-state index in [1.807, 2.05) is 6.92 Å². The highest BCUT2D eigenvalue weighted by Gasteiger charge is 2.55. The molecule has 0 unspecified atom stereocenters. The Morgan fingerprint density at radius 3 is 1.08 bits per heavy atom. The van der Waals surface area contributed by atoms with E-state index in [2.05, 4.69) is 31.9 Å². The number of aryl methyl sites for hydroxylation is 4. The molecular formula is C68H78N6O26. The largest absolute Gasteiger partial charge is 0.463 e. The van der Waals surface area contributed by atoms with Crippen molar-refractivity contribution in [3.05, 3.63) is 142 Å². The average molecular weight is 1400 g/mol. The molecule has 0 radical (unpaired) electrons. The number of rotatable bonds is 22. The Hall–Kier alpha value is -10.7. The number of carbonyl (C=O) groups is 14. The van der Waals surface area contributed by atoms with Crippen LogP contribution < -0.4 is 31.9 Å². The van der Waals surface area contributed by atoms with Crippen LogP contribution in [0, 0.1) is 27.7 Å². The smallest absolute Gasteiger partial charge is 0.338 e. The zero-order chi connectivity index (χ0) is 72.7. The first-order chi connectivity index (χ1) is 47.6. The summed E-state index contributed by atoms with van der Waals surface area (Å²) in [6.07, 6.45) is -18.1. The van der Waals surface area contributed by atoms with Crippen LogP contribution in [0.15, 0.2) is 97.1 Å². The van der Waals surface area contributed by atoms with Crippen LogP contribution in [0.5, 0.6) is 0 Å². The normalized spacial score (nSPS) is 23.5. The van der Waals surface area contributed by atoms with Gasteiger partial charge < -0.3 is 88.7 Å². The van der Waals surface area contributed by atoms with Gasteiger partial charge in [-0.1, -0.05) is 70.8 Å². The molecule has 0 aliphatic carbocycles. The van der Waals surface area contributed by atoms with Gasteiger partial charge in [-0.2, -0.15) is 0 Å². The minimum absolute atomic E-state index is 0.00478. The molecule has 0 bridgehead atoms. The molecule has 536 valence electrons. The predicted octanol–water partition coefficient (Wildman–Crippen LogP) is 0.823. The van der Waals surface area contributed by atoms with Gasteiger partial charge in [0.25, 0.3) is 0 Å². The van der Waals surface area contributed by atoms with Crippen molar-refractivity contribution in [3.63, 3.8) is 0 Å². The van der Waals surface area contributed by atoms with Crippen LogP contribution >= 0.6 is 0 Å². The van der Waals surface area contributed by atoms with Crippen LogP contribution in [0.3, 0.4) is 0 Å². The fourth-order valence-electron chi connectivity index (χ4n) is 10.1. The van der Waals surface area contributed by atoms with Crippen molar-refractivity contribution in [1.29, 1.82) is 0 Å². The summed E-state index contributed by atoms with van der Waals surface area (Å²) >= 11 is 0. The van der Waals surface area contributed by atoms with Gasteiger partial charge in [-0.3, -0.25) is 47.9 Å². The average Bonchev–Trinajstić information content (AvgIpc) is 0.782. The lowest BCUT2D eigenvalue weighted by Gasteiger charge is -2.44. The number of carbonyl (C=O) groups excluding carboxylic acids is 14. The van der Waals surface area contributed by atoms with E-state index in [0.717, 1.165) is 49.9 Å². The second-order valence-electron chi connectivity index (χ2n) is 23.3. The molecule has 6 N–H and O–H groups in total. The van der Waals surface area contributed by atoms with Gasteiger partial charge in [-0.15, -0.1) is 0 Å². The van der Waals surface area contributed by atoms with Gasteiger partial charge in [0.05, 0.1) is 22.3 Å². The zero-order valence-corrected chi connectivity index (χ0v) is 55.9. The van der Waals surface area contributed by atoms with E-state index in [-0.39, 0.29) is 22.3 Å². The lowest BCUT2D eigenvalue weighted by atomic mass is 9.97. The summed E-state index contributed by atoms with van der Waals surface area (Å²) in [5.74, 6) is -12.9. The van der Waals surface area contributed by atoms with E-state index < -0.39 is 222 Å². The van der Waals surface area contributed by atoms with Crippen molar-refractivity contribution < 1.29 is 124 Å². The second kappa shape index (κ2) is 36.8. The van der Waals surface area contributed by atoms with Crippen LogP contribution in [0.2, 0.25) is 0 Å². The number of ether oxygens (including phenoxy) is 12. The van der Waals surface area contributed by atoms with Crippen molar-refractivity contribution in [3.8, 4) is 0 Å². The highest BCUT2D eigenvalue weighted by molar-refractivity contribution is 5.93. The van der Waals surface area contributed by atoms with Crippen LogP contribution in [-0.2, 0) is 105 Å². The molecule has 12 atom stereocenters. The van der Waals surface area contributed by atoms with E-state index in [4.69, 9.17) is 56.8 Å². The summed E-state index contributed by atoms with van der Waals surface area (Å²) in [4.78, 5) is 187. The van der Waals surface area contributed by atoms with Crippen LogP contribution in [-0.4, -0.2) is 209 Å². The molecule has 0 spiro atoms. The molecule has 3 aliphatic heterocycles. The highest BCUT2D eigenvalue weighted by atomic mass is 16.7. The van der Waals surface area contributed by atoms with Crippen LogP contribution in [0.1, 0.15) is 104 Å². The Labute approximate surface area is 573 Å². The number of benzene rings is 4. The molecule has 4 aromatic carbocycles. The first-order valence-corrected chi connectivity index (χ1v) is 31.5. The van der Waals surface area contributed by atoms with Gasteiger partial charge in [0.2, 0.25) is 35.4 Å². The second-order valence-corrected chi connectivity index (χ2v) is 23.3. The maximum Gasteiger partial charge on any atom is 0.338 e. The van der Waals surface area contributed by atoms with Gasteiger partial charge in [-0.05, 0) is 76.2 Å². The fraction of sp³-hybridized carbons (Fsp3) is 0.441. The monoisotopic (exact) mass is 1390 g/mol. The minimum atomic E-state index is -1.95. The van der Waals surface area contributed by atoms with E-state index in [1.54, 1.807) is 69.3 Å². The van der Waals surface area contributed by atoms with Crippen LogP contribution in [0.4, 0.5) is 0 Å². The number of hydrogen-bond donors (Lipinski definition) is 6. The first-order valence-electron chi connectivity index (χ1n) is 31.5. The van der Waals surface area contributed by atoms with Crippen LogP contribution in [0.25, 0.3) is 0 Å². The summed E-state index contributed by atoms with van der Waals surface area (Å²) in [6, 6.07) is 21.7. The van der Waals surface area contributed by atoms with E-state index in [0.29, 0.717) is 0 Å². The standard InChI is InChI=1S/C68H78N6O26/c1-35-9-17-43(18-10-35)63(85)90-32-50-56(98-64(86)44-19-11-36(2)12-20-44)58(99-65(87)45-21-13-37(3)14-22-45)60(100-66(88)46-23-15-38(4)16-24-46)68(97-50)92-34-54(82)74-48-30-72-52(80)25-27-69-61(83)47(29-71-51(79)26-28-70-62(48)84)73-53(81)33-91-67-59(95-42(8)78)57(94-41(7)77)55(93-40(6)76)49(96-67)31-89-39(5)75/h9-24,47-50,55-60,67-68H,25-34H2,1-8H3,(H,69,83)(H,70,84)(H,71,79)(H,72,80)(H,73,81)(H,74,82)/t47-,48-,49+,50+,55+,56+,57-,58-,59-,60+,67-,68+/m0/s1. The topological polar surface area (TPSA) is 422 Å². The molecule has 32 nitrogen and oxygen atoms in total. The van der Waals surface area contributed by atoms with Gasteiger partial charge >= 0.3 is 47.8 Å². The summed E-state index contributed by atoms with van der Waals surface area (Å²) < 4.78 is 69.3. The van der Waals surface area contributed by atoms with Crippen molar-refractivity contribution in [2.45, 2.75) is 142 Å². The van der Waals surface area contributed by atoms with Crippen molar-refractivity contribution in [2.75, 3.05) is 52.6 Å². The Morgan fingerprint density at radius 1 is 0.390 bits per heavy atom. The quantitative estimate of drug-likeness (QED) is 0.0468. The Balaban J connectivity index is 1.07. The van der Waals surface area contributed by atoms with Gasteiger partial charge in [-0.25, -0.2) is 19.2 Å². The Kier molecular flexibility index (Phi) is 28.2. The van der Waals surface area contributed by atoms with Crippen molar-refractivity contribution in [1.82, 2.24) is 31.9 Å². The van der Waals surface area contributed by atoms with E-state index in [1.165, 1.54) is 48.5 Å². The molecule has 100 heavy (non-hydrogen) atoms. The van der Waals surface area contributed by atoms with E-state index >= 15 is 0 Å². The number of hydrogen-bond acceptors (Lipinski definition) is 26. The fourth-order valence-corrected chi connectivity index (χ4v) is 10.1. The lowest BCUT2D eigenvalue weighted by Crippen LogP contribution is -2.63. The van der Waals surface area contributed by atoms with Gasteiger partial charge in [0, 0.05) is 66.7 Å². The highest BCUT2D eigenvalue weighted by Crippen LogP contribution is 2.33. The zero-order valence-electron chi connectivity index (χ0n) is 55.9. The molecule has 0 aromatic heterocycles. The molecule has 7 rings (SSSR count). The molecule has 3 heterocycles. The van der Waals surface area contributed by atoms with Gasteiger partial charge in [0.15, 0.2) is 49.2 Å². The van der Waals surface area contributed by atoms with Gasteiger partial charge in [0.1, 0.15) is 50.7 Å². The molecular weight excluding hydrogens is 1320 g/mol. The molecule has 0 saturated carbocycles. The van der Waals surface area contributed by atoms with E-state index in [9.17, 15) is 67.1 Å². The Morgan fingerprint density at radius 2 is 0.700 bits per heavy atom. The SMILES string of the molecule is CC(=O)OC[C@H]1O[C@H](OCC(=O)N[C@H]2CNC(=O)CCNC(=O)[C@@H](NC(=O)CO[C@@H]3O[C@H](COC(=O)c4ccc(C)cc4)[C@@H](OC(=O)c4ccc(C)cc4)[C@H](OC(=O)c4ccc(C)cc4)[C@H]3OC(=O)c3ccc(C)cc3)CNC(=O)CCNC2=O)[C@@H](OC(C)=O)[C@@H](OC(C)=O)[C@@H]1OC(C)=O. The van der Waals surface area contributed by atoms with Crippen molar-refractivity contribution >= 4 is 83.2 Å². The molecule has 4 aromatic rings. The Bertz CT molecular complexity index is 3630. The third-order valence-corrected chi connectivity index (χ3v) is 15.2. The molecule has 3 saturated heterocycles. The maximum absolute atomic E-state index is 14.3. The molecule has 3 aliphatic rings. The summed E-state index contributed by atoms with van der Waals surface area (Å²) in [5.41, 5.74) is 3.34. The molecule has 3 fully saturated rings. The first kappa shape index (κ1) is 76.7. The third-order valence-electron chi connectivity index (χ3n) is 15.2. The number of nitrogens with one attached hydrogen (secondary N) is 6. The third kappa shape index (κ3) is 23.2.